The molecule has 2 fully saturated rings. The average molecular weight is 348 g/mol. The molecule has 2 nitrogen and oxygen atoms in total. The van der Waals surface area contributed by atoms with Crippen LogP contribution >= 0.6 is 15.9 Å². The Hall–Kier alpha value is -0.830. The van der Waals surface area contributed by atoms with Crippen molar-refractivity contribution in [3.63, 3.8) is 0 Å². The largest absolute Gasteiger partial charge is 0.352 e. The lowest BCUT2D eigenvalue weighted by Crippen LogP contribution is -2.23. The van der Waals surface area contributed by atoms with E-state index in [-0.39, 0.29) is 5.91 Å². The van der Waals surface area contributed by atoms with Gasteiger partial charge in [0.15, 0.2) is 0 Å². The van der Waals surface area contributed by atoms with Gasteiger partial charge in [-0.3, -0.25) is 4.79 Å². The molecule has 21 heavy (non-hydrogen) atoms. The van der Waals surface area contributed by atoms with Crippen molar-refractivity contribution in [2.45, 2.75) is 43.4 Å². The molecule has 1 N–H and O–H groups in total. The van der Waals surface area contributed by atoms with E-state index in [1.165, 1.54) is 36.8 Å². The summed E-state index contributed by atoms with van der Waals surface area (Å²) < 4.78 is 0. The molecule has 1 aromatic carbocycles. The second kappa shape index (κ2) is 5.42. The van der Waals surface area contributed by atoms with Crippen LogP contribution in [0.3, 0.4) is 0 Å². The number of amides is 1. The van der Waals surface area contributed by atoms with Crippen LogP contribution in [0.1, 0.15) is 58.4 Å². The average Bonchev–Trinajstić information content (AvgIpc) is 3.09. The lowest BCUT2D eigenvalue weighted by molar-refractivity contribution is 0.0956. The number of carbonyl (C=O) groups excluding carboxylic acids is 1. The lowest BCUT2D eigenvalue weighted by atomic mass is 9.83. The smallest absolute Gasteiger partial charge is 0.251 e. The van der Waals surface area contributed by atoms with Gasteiger partial charge in [-0.1, -0.05) is 34.5 Å². The molecule has 112 valence electrons. The van der Waals surface area contributed by atoms with Gasteiger partial charge < -0.3 is 5.32 Å². The number of hydrogen-bond acceptors (Lipinski definition) is 1. The third-order valence-corrected chi connectivity index (χ3v) is 6.98. The van der Waals surface area contributed by atoms with E-state index < -0.39 is 0 Å². The van der Waals surface area contributed by atoms with Crippen LogP contribution in [-0.4, -0.2) is 12.5 Å². The molecule has 0 aromatic heterocycles. The third kappa shape index (κ3) is 2.44. The fourth-order valence-corrected chi connectivity index (χ4v) is 5.60. The maximum atomic E-state index is 12.2. The topological polar surface area (TPSA) is 29.1 Å². The summed E-state index contributed by atoms with van der Waals surface area (Å²) >= 11 is 3.95. The van der Waals surface area contributed by atoms with Crippen molar-refractivity contribution in [1.29, 1.82) is 0 Å². The molecule has 0 saturated heterocycles. The summed E-state index contributed by atoms with van der Waals surface area (Å²) in [6.45, 7) is 0.799. The van der Waals surface area contributed by atoms with Crippen LogP contribution in [0.15, 0.2) is 18.2 Å². The molecule has 1 amide bonds. The lowest BCUT2D eigenvalue weighted by Gasteiger charge is -2.27. The van der Waals surface area contributed by atoms with Gasteiger partial charge in [0.1, 0.15) is 0 Å². The number of hydrogen-bond donors (Lipinski definition) is 1. The van der Waals surface area contributed by atoms with E-state index in [2.05, 4.69) is 39.4 Å². The highest BCUT2D eigenvalue weighted by molar-refractivity contribution is 9.09. The molecule has 4 unspecified atom stereocenters. The van der Waals surface area contributed by atoms with Gasteiger partial charge in [0.2, 0.25) is 0 Å². The molecule has 1 aliphatic heterocycles. The van der Waals surface area contributed by atoms with Crippen molar-refractivity contribution in [2.24, 2.45) is 17.8 Å². The van der Waals surface area contributed by atoms with Gasteiger partial charge in [0, 0.05) is 16.9 Å². The summed E-state index contributed by atoms with van der Waals surface area (Å²) in [5.74, 6) is 2.73. The fraction of sp³-hybridized carbons (Fsp3) is 0.611. The maximum absolute atomic E-state index is 12.2. The zero-order valence-electron chi connectivity index (χ0n) is 12.3. The molecule has 1 heterocycles. The number of benzene rings is 1. The molecular weight excluding hydrogens is 326 g/mol. The van der Waals surface area contributed by atoms with Gasteiger partial charge in [-0.05, 0) is 67.1 Å². The Bertz CT molecular complexity index is 570. The van der Waals surface area contributed by atoms with E-state index in [1.54, 1.807) is 0 Å². The van der Waals surface area contributed by atoms with E-state index in [0.29, 0.717) is 4.83 Å². The second-order valence-electron chi connectivity index (χ2n) is 7.02. The molecule has 2 bridgehead atoms. The quantitative estimate of drug-likeness (QED) is 0.796. The normalized spacial score (nSPS) is 32.4. The van der Waals surface area contributed by atoms with E-state index in [4.69, 9.17) is 0 Å². The molecule has 4 rings (SSSR count). The van der Waals surface area contributed by atoms with Crippen molar-refractivity contribution >= 4 is 21.8 Å². The summed E-state index contributed by atoms with van der Waals surface area (Å²) in [5, 5.41) is 3.01. The third-order valence-electron chi connectivity index (χ3n) is 5.77. The molecule has 4 atom stereocenters. The molecule has 3 heteroatoms. The number of fused-ring (bicyclic) bond motifs is 3. The summed E-state index contributed by atoms with van der Waals surface area (Å²) in [5.41, 5.74) is 3.40. The van der Waals surface area contributed by atoms with Crippen LogP contribution in [0.5, 0.6) is 0 Å². The first-order chi connectivity index (χ1) is 10.2. The Morgan fingerprint density at radius 2 is 2.14 bits per heavy atom. The summed E-state index contributed by atoms with van der Waals surface area (Å²) in [4.78, 5) is 12.6. The van der Waals surface area contributed by atoms with Crippen molar-refractivity contribution < 1.29 is 4.79 Å². The van der Waals surface area contributed by atoms with Gasteiger partial charge >= 0.3 is 0 Å². The standard InChI is InChI=1S/C18H22BrNO/c19-17(15-9-11-3-4-13(15)8-11)14-6-5-12-2-1-7-20-18(21)16(12)10-14/h5-6,10-11,13,15,17H,1-4,7-9H2,(H,20,21). The van der Waals surface area contributed by atoms with Crippen LogP contribution in [0.25, 0.3) is 0 Å². The highest BCUT2D eigenvalue weighted by Gasteiger charge is 2.42. The molecule has 1 aromatic rings. The van der Waals surface area contributed by atoms with Crippen molar-refractivity contribution in [2.75, 3.05) is 6.54 Å². The number of nitrogens with one attached hydrogen (secondary N) is 1. The van der Waals surface area contributed by atoms with Gasteiger partial charge in [-0.15, -0.1) is 0 Å². The van der Waals surface area contributed by atoms with E-state index >= 15 is 0 Å². The van der Waals surface area contributed by atoms with E-state index in [0.717, 1.165) is 42.7 Å². The highest BCUT2D eigenvalue weighted by atomic mass is 79.9. The van der Waals surface area contributed by atoms with E-state index in [1.807, 2.05) is 0 Å². The number of halogens is 1. The van der Waals surface area contributed by atoms with Crippen molar-refractivity contribution in [3.8, 4) is 0 Å². The minimum atomic E-state index is 0.108. The van der Waals surface area contributed by atoms with Gasteiger partial charge in [0.25, 0.3) is 5.91 Å². The molecule has 0 spiro atoms. The molecule has 3 aliphatic rings. The van der Waals surface area contributed by atoms with Gasteiger partial charge in [-0.2, -0.15) is 0 Å². The van der Waals surface area contributed by atoms with Gasteiger partial charge in [0.05, 0.1) is 0 Å². The Morgan fingerprint density at radius 3 is 2.90 bits per heavy atom. The van der Waals surface area contributed by atoms with Crippen LogP contribution in [0.2, 0.25) is 0 Å². The zero-order valence-corrected chi connectivity index (χ0v) is 13.9. The summed E-state index contributed by atoms with van der Waals surface area (Å²) in [7, 11) is 0. The molecule has 2 aliphatic carbocycles. The first kappa shape index (κ1) is 13.8. The molecule has 0 radical (unpaired) electrons. The van der Waals surface area contributed by atoms with Crippen LogP contribution in [0, 0.1) is 17.8 Å². The number of carbonyl (C=O) groups is 1. The summed E-state index contributed by atoms with van der Waals surface area (Å²) in [6.07, 6.45) is 7.69. The Balaban J connectivity index is 1.62. The molecular formula is C18H22BrNO. The van der Waals surface area contributed by atoms with Crippen LogP contribution in [0.4, 0.5) is 0 Å². The first-order valence-electron chi connectivity index (χ1n) is 8.27. The van der Waals surface area contributed by atoms with Crippen molar-refractivity contribution in [3.05, 3.63) is 34.9 Å². The van der Waals surface area contributed by atoms with Gasteiger partial charge in [-0.25, -0.2) is 0 Å². The monoisotopic (exact) mass is 347 g/mol. The minimum absolute atomic E-state index is 0.108. The second-order valence-corrected chi connectivity index (χ2v) is 8.00. The molecule has 2 saturated carbocycles. The zero-order chi connectivity index (χ0) is 14.4. The minimum Gasteiger partial charge on any atom is -0.352 e. The number of aryl methyl sites for hydroxylation is 1. The first-order valence-corrected chi connectivity index (χ1v) is 9.19. The highest BCUT2D eigenvalue weighted by Crippen LogP contribution is 2.54. The van der Waals surface area contributed by atoms with E-state index in [9.17, 15) is 4.79 Å². The Kier molecular flexibility index (Phi) is 3.56. The maximum Gasteiger partial charge on any atom is 0.251 e. The number of rotatable bonds is 2. The Labute approximate surface area is 134 Å². The number of alkyl halides is 1. The van der Waals surface area contributed by atoms with Crippen LogP contribution < -0.4 is 5.32 Å². The predicted molar refractivity (Wildman–Crippen MR) is 87.7 cm³/mol. The summed E-state index contributed by atoms with van der Waals surface area (Å²) in [6, 6.07) is 6.56. The Morgan fingerprint density at radius 1 is 1.24 bits per heavy atom. The fourth-order valence-electron chi connectivity index (χ4n) is 4.67. The predicted octanol–water partition coefficient (Wildman–Crippen LogP) is 4.23. The van der Waals surface area contributed by atoms with Crippen LogP contribution in [-0.2, 0) is 6.42 Å². The van der Waals surface area contributed by atoms with Crippen molar-refractivity contribution in [1.82, 2.24) is 5.32 Å². The SMILES string of the molecule is O=C1NCCCc2ccc(C(Br)C3CC4CCC3C4)cc21.